The van der Waals surface area contributed by atoms with Crippen molar-refractivity contribution in [1.82, 2.24) is 25.3 Å². The van der Waals surface area contributed by atoms with Crippen LogP contribution in [0.15, 0.2) is 61.1 Å². The third kappa shape index (κ3) is 5.56. The second kappa shape index (κ2) is 10.5. The SMILES string of the molecule is CC(NC(=O)c1nc(C#N)cnc1NCc1ccc(-c2cnc(N)cn2)cc1)c1ccc(F)c(F)c1. The Balaban J connectivity index is 1.48. The van der Waals surface area contributed by atoms with Crippen molar-refractivity contribution >= 4 is 17.5 Å². The molecule has 2 aromatic carbocycles. The fraction of sp³-hybridized carbons (Fsp3) is 0.120. The molecule has 2 heterocycles. The second-order valence-corrected chi connectivity index (χ2v) is 7.81. The molecule has 0 saturated carbocycles. The molecule has 9 nitrogen and oxygen atoms in total. The van der Waals surface area contributed by atoms with Gasteiger partial charge in [0.25, 0.3) is 5.91 Å². The van der Waals surface area contributed by atoms with Gasteiger partial charge in [0.15, 0.2) is 28.8 Å². The predicted octanol–water partition coefficient (Wildman–Crippen LogP) is 3.77. The summed E-state index contributed by atoms with van der Waals surface area (Å²) in [5.74, 6) is -2.13. The van der Waals surface area contributed by atoms with Crippen LogP contribution in [0.2, 0.25) is 0 Å². The van der Waals surface area contributed by atoms with Crippen molar-refractivity contribution in [2.24, 2.45) is 0 Å². The number of nitrogens with two attached hydrogens (primary N) is 1. The van der Waals surface area contributed by atoms with Crippen LogP contribution in [0, 0.1) is 23.0 Å². The molecule has 36 heavy (non-hydrogen) atoms. The van der Waals surface area contributed by atoms with Crippen molar-refractivity contribution in [3.63, 3.8) is 0 Å². The number of halogens is 2. The topological polar surface area (TPSA) is 142 Å². The first-order valence-electron chi connectivity index (χ1n) is 10.8. The maximum absolute atomic E-state index is 13.6. The summed E-state index contributed by atoms with van der Waals surface area (Å²) in [4.78, 5) is 29.5. The number of aromatic nitrogens is 4. The Morgan fingerprint density at radius 2 is 1.83 bits per heavy atom. The van der Waals surface area contributed by atoms with Gasteiger partial charge in [0.1, 0.15) is 11.9 Å². The van der Waals surface area contributed by atoms with Crippen LogP contribution in [0.4, 0.5) is 20.4 Å². The van der Waals surface area contributed by atoms with Gasteiger partial charge < -0.3 is 16.4 Å². The minimum absolute atomic E-state index is 0.0415. The van der Waals surface area contributed by atoms with Gasteiger partial charge >= 0.3 is 0 Å². The standard InChI is InChI=1S/C25H20F2N8O/c1-14(17-6-7-19(26)20(27)8-17)34-25(36)23-24(33-11-18(9-28)35-23)32-10-15-2-4-16(5-3-15)21-12-31-22(29)13-30-21/h2-8,11-14H,10H2,1H3,(H2,29,31)(H,32,33)(H,34,36). The summed E-state index contributed by atoms with van der Waals surface area (Å²) in [6.45, 7) is 1.93. The van der Waals surface area contributed by atoms with E-state index in [2.05, 4.69) is 30.6 Å². The zero-order valence-electron chi connectivity index (χ0n) is 19.0. The van der Waals surface area contributed by atoms with Crippen molar-refractivity contribution in [1.29, 1.82) is 5.26 Å². The van der Waals surface area contributed by atoms with Crippen LogP contribution in [-0.2, 0) is 6.54 Å². The number of nitrogens with one attached hydrogen (secondary N) is 2. The lowest BCUT2D eigenvalue weighted by Gasteiger charge is -2.16. The number of nitriles is 1. The van der Waals surface area contributed by atoms with Gasteiger partial charge in [-0.05, 0) is 30.2 Å². The molecule has 0 spiro atoms. The molecule has 4 aromatic rings. The summed E-state index contributed by atoms with van der Waals surface area (Å²) in [7, 11) is 0. The fourth-order valence-electron chi connectivity index (χ4n) is 3.33. The highest BCUT2D eigenvalue weighted by atomic mass is 19.2. The van der Waals surface area contributed by atoms with Crippen LogP contribution in [0.25, 0.3) is 11.3 Å². The zero-order valence-corrected chi connectivity index (χ0v) is 19.0. The number of nitrogen functional groups attached to an aromatic ring is 1. The molecule has 1 unspecified atom stereocenters. The number of carbonyl (C=O) groups is 1. The van der Waals surface area contributed by atoms with Gasteiger partial charge in [0.05, 0.1) is 30.3 Å². The first-order valence-corrected chi connectivity index (χ1v) is 10.8. The number of hydrogen-bond acceptors (Lipinski definition) is 8. The second-order valence-electron chi connectivity index (χ2n) is 7.81. The van der Waals surface area contributed by atoms with Crippen LogP contribution < -0.4 is 16.4 Å². The van der Waals surface area contributed by atoms with E-state index in [1.807, 2.05) is 30.3 Å². The molecule has 4 rings (SSSR count). The summed E-state index contributed by atoms with van der Waals surface area (Å²) >= 11 is 0. The number of nitrogens with zero attached hydrogens (tertiary/aromatic N) is 5. The average molecular weight is 486 g/mol. The Morgan fingerprint density at radius 3 is 2.50 bits per heavy atom. The van der Waals surface area contributed by atoms with Gasteiger partial charge in [-0.3, -0.25) is 9.78 Å². The van der Waals surface area contributed by atoms with Crippen LogP contribution in [0.5, 0.6) is 0 Å². The third-order valence-electron chi connectivity index (χ3n) is 5.27. The molecule has 1 amide bonds. The molecule has 0 aliphatic rings. The van der Waals surface area contributed by atoms with Gasteiger partial charge in [0.2, 0.25) is 0 Å². The number of rotatable bonds is 7. The average Bonchev–Trinajstić information content (AvgIpc) is 2.89. The lowest BCUT2D eigenvalue weighted by molar-refractivity contribution is 0.0935. The maximum atomic E-state index is 13.6. The fourth-order valence-corrected chi connectivity index (χ4v) is 3.33. The number of carbonyl (C=O) groups excluding carboxylic acids is 1. The monoisotopic (exact) mass is 486 g/mol. The van der Waals surface area contributed by atoms with Crippen molar-refractivity contribution in [2.45, 2.75) is 19.5 Å². The van der Waals surface area contributed by atoms with E-state index < -0.39 is 23.6 Å². The van der Waals surface area contributed by atoms with Crippen molar-refractivity contribution < 1.29 is 13.6 Å². The molecular weight excluding hydrogens is 466 g/mol. The Hall–Kier alpha value is -4.98. The van der Waals surface area contributed by atoms with E-state index in [0.717, 1.165) is 23.3 Å². The molecule has 0 fully saturated rings. The maximum Gasteiger partial charge on any atom is 0.274 e. The predicted molar refractivity (Wildman–Crippen MR) is 128 cm³/mol. The molecule has 0 aliphatic carbocycles. The lowest BCUT2D eigenvalue weighted by Crippen LogP contribution is -2.29. The highest BCUT2D eigenvalue weighted by molar-refractivity contribution is 5.97. The van der Waals surface area contributed by atoms with E-state index in [4.69, 9.17) is 5.73 Å². The quantitative estimate of drug-likeness (QED) is 0.358. The first-order chi connectivity index (χ1) is 17.3. The van der Waals surface area contributed by atoms with Crippen molar-refractivity contribution in [2.75, 3.05) is 11.1 Å². The molecule has 4 N–H and O–H groups in total. The van der Waals surface area contributed by atoms with Gasteiger partial charge in [0, 0.05) is 12.1 Å². The summed E-state index contributed by atoms with van der Waals surface area (Å²) < 4.78 is 26.8. The molecule has 0 bridgehead atoms. The van der Waals surface area contributed by atoms with Crippen LogP contribution >= 0.6 is 0 Å². The van der Waals surface area contributed by atoms with Gasteiger partial charge in [-0.2, -0.15) is 5.26 Å². The first kappa shape index (κ1) is 24.2. The molecule has 0 saturated heterocycles. The summed E-state index contributed by atoms with van der Waals surface area (Å²) in [6.07, 6.45) is 4.32. The smallest absolute Gasteiger partial charge is 0.274 e. The molecule has 180 valence electrons. The summed E-state index contributed by atoms with van der Waals surface area (Å²) in [6, 6.07) is 12.1. The zero-order chi connectivity index (χ0) is 25.7. The Morgan fingerprint density at radius 1 is 1.06 bits per heavy atom. The number of benzene rings is 2. The molecule has 1 atom stereocenters. The number of anilines is 2. The molecule has 0 radical (unpaired) electrons. The third-order valence-corrected chi connectivity index (χ3v) is 5.27. The summed E-state index contributed by atoms with van der Waals surface area (Å²) in [5.41, 5.74) is 8.22. The van der Waals surface area contributed by atoms with E-state index in [9.17, 15) is 18.8 Å². The van der Waals surface area contributed by atoms with E-state index >= 15 is 0 Å². The minimum atomic E-state index is -1.02. The van der Waals surface area contributed by atoms with E-state index in [-0.39, 0.29) is 17.2 Å². The van der Waals surface area contributed by atoms with Gasteiger partial charge in [-0.15, -0.1) is 0 Å². The normalized spacial score (nSPS) is 11.4. The molecular formula is C25H20F2N8O. The molecule has 2 aromatic heterocycles. The van der Waals surface area contributed by atoms with E-state index in [0.29, 0.717) is 23.6 Å². The minimum Gasteiger partial charge on any atom is -0.382 e. The number of amides is 1. The Bertz CT molecular complexity index is 1440. The Kier molecular flexibility index (Phi) is 7.06. The van der Waals surface area contributed by atoms with Crippen molar-refractivity contribution in [3.05, 3.63) is 95.2 Å². The lowest BCUT2D eigenvalue weighted by atomic mass is 10.1. The van der Waals surface area contributed by atoms with Crippen molar-refractivity contribution in [3.8, 4) is 17.3 Å². The molecule has 11 heteroatoms. The van der Waals surface area contributed by atoms with Crippen LogP contribution in [0.3, 0.4) is 0 Å². The van der Waals surface area contributed by atoms with Crippen LogP contribution in [0.1, 0.15) is 40.3 Å². The van der Waals surface area contributed by atoms with Crippen LogP contribution in [-0.4, -0.2) is 25.8 Å². The van der Waals surface area contributed by atoms with Gasteiger partial charge in [-0.25, -0.2) is 23.7 Å². The highest BCUT2D eigenvalue weighted by Gasteiger charge is 2.19. The largest absolute Gasteiger partial charge is 0.382 e. The highest BCUT2D eigenvalue weighted by Crippen LogP contribution is 2.20. The molecule has 0 aliphatic heterocycles. The van der Waals surface area contributed by atoms with E-state index in [1.165, 1.54) is 18.5 Å². The summed E-state index contributed by atoms with van der Waals surface area (Å²) in [5, 5.41) is 14.9. The Labute approximate surface area is 205 Å². The van der Waals surface area contributed by atoms with E-state index in [1.54, 1.807) is 13.1 Å². The van der Waals surface area contributed by atoms with Gasteiger partial charge in [-0.1, -0.05) is 30.3 Å². The number of hydrogen-bond donors (Lipinski definition) is 3.